The summed E-state index contributed by atoms with van der Waals surface area (Å²) in [4.78, 5) is 19.3. The summed E-state index contributed by atoms with van der Waals surface area (Å²) in [6.07, 6.45) is 11.2. The van der Waals surface area contributed by atoms with E-state index in [1.54, 1.807) is 0 Å². The normalized spacial score (nSPS) is 25.3. The van der Waals surface area contributed by atoms with Gasteiger partial charge in [-0.1, -0.05) is 0 Å². The molecule has 7 rings (SSSR count). The average Bonchev–Trinajstić information content (AvgIpc) is 3.41. The highest BCUT2D eigenvalue weighted by atomic mass is 19.1. The van der Waals surface area contributed by atoms with E-state index in [0.717, 1.165) is 53.4 Å². The molecule has 3 aliphatic rings. The molecule has 4 heterocycles. The number of H-pyrrole nitrogens is 1. The number of nitrogens with one attached hydrogen (secondary N) is 2. The van der Waals surface area contributed by atoms with Crippen LogP contribution >= 0.6 is 0 Å². The molecule has 0 saturated heterocycles. The van der Waals surface area contributed by atoms with Crippen molar-refractivity contribution >= 4 is 28.2 Å². The Bertz CT molecular complexity index is 1300. The van der Waals surface area contributed by atoms with Gasteiger partial charge in [-0.25, -0.2) is 9.37 Å². The highest BCUT2D eigenvalue weighted by Gasteiger charge is 2.47. The quantitative estimate of drug-likeness (QED) is 0.439. The lowest BCUT2D eigenvalue weighted by Crippen LogP contribution is -2.51. The summed E-state index contributed by atoms with van der Waals surface area (Å²) in [5.74, 6) is -0.828. The van der Waals surface area contributed by atoms with E-state index in [1.807, 2.05) is 41.2 Å². The zero-order valence-electron chi connectivity index (χ0n) is 16.9. The second-order valence-corrected chi connectivity index (χ2v) is 8.90. The van der Waals surface area contributed by atoms with Gasteiger partial charge in [-0.15, -0.1) is 0 Å². The van der Waals surface area contributed by atoms with Crippen LogP contribution in [0, 0.1) is 23.6 Å². The molecule has 2 bridgehead atoms. The number of carbonyl (C=O) groups is 1. The number of hydrogen-bond donors (Lipinski definition) is 3. The molecule has 0 unspecified atom stereocenters. The van der Waals surface area contributed by atoms with Crippen LogP contribution in [0.1, 0.15) is 25.7 Å². The predicted molar refractivity (Wildman–Crippen MR) is 116 cm³/mol. The number of pyridine rings is 2. The van der Waals surface area contributed by atoms with Crippen LogP contribution in [-0.4, -0.2) is 31.5 Å². The van der Waals surface area contributed by atoms with Gasteiger partial charge in [-0.2, -0.15) is 0 Å². The lowest BCUT2D eigenvalue weighted by Gasteiger charge is -2.47. The van der Waals surface area contributed by atoms with E-state index in [0.29, 0.717) is 11.6 Å². The minimum atomic E-state index is -0.701. The first-order valence-corrected chi connectivity index (χ1v) is 10.8. The molecule has 31 heavy (non-hydrogen) atoms. The molecule has 2 atom stereocenters. The molecule has 0 radical (unpaired) electrons. The van der Waals surface area contributed by atoms with Crippen molar-refractivity contribution in [3.8, 4) is 11.1 Å². The smallest absolute Gasteiger partial charge is 0.308 e. The molecule has 4 aromatic heterocycles. The van der Waals surface area contributed by atoms with E-state index in [1.165, 1.54) is 12.3 Å². The number of rotatable bonds is 4. The Morgan fingerprint density at radius 1 is 1.23 bits per heavy atom. The van der Waals surface area contributed by atoms with Crippen LogP contribution < -0.4 is 5.32 Å². The monoisotopic (exact) mass is 418 g/mol. The van der Waals surface area contributed by atoms with Crippen LogP contribution in [0.25, 0.3) is 27.7 Å². The lowest BCUT2D eigenvalue weighted by atomic mass is 9.61. The van der Waals surface area contributed by atoms with Crippen molar-refractivity contribution in [1.82, 2.24) is 14.4 Å². The fourth-order valence-electron chi connectivity index (χ4n) is 5.82. The SMILES string of the molecule is O=C(O)[C@H]1[C@H]2CC[C@H](CC2)[C@@H]1Nc1cc(-c2c[nH]c3ncc(F)cc23)cn2cccc12. The summed E-state index contributed by atoms with van der Waals surface area (Å²) < 4.78 is 15.9. The Morgan fingerprint density at radius 3 is 2.84 bits per heavy atom. The Hall–Kier alpha value is -3.35. The van der Waals surface area contributed by atoms with Gasteiger partial charge < -0.3 is 19.8 Å². The minimum Gasteiger partial charge on any atom is -0.481 e. The first kappa shape index (κ1) is 18.4. The number of fused-ring (bicyclic) bond motifs is 5. The van der Waals surface area contributed by atoms with Crippen molar-refractivity contribution in [3.05, 3.63) is 54.9 Å². The summed E-state index contributed by atoms with van der Waals surface area (Å²) in [5, 5.41) is 14.3. The fourth-order valence-corrected chi connectivity index (χ4v) is 5.82. The van der Waals surface area contributed by atoms with Gasteiger partial charge in [0.25, 0.3) is 0 Å². The Labute approximate surface area is 178 Å². The second-order valence-electron chi connectivity index (χ2n) is 8.90. The maximum atomic E-state index is 13.9. The molecule has 4 aromatic rings. The van der Waals surface area contributed by atoms with E-state index in [9.17, 15) is 14.3 Å². The molecule has 7 heteroatoms. The van der Waals surface area contributed by atoms with Crippen molar-refractivity contribution in [2.45, 2.75) is 31.7 Å². The first-order valence-electron chi connectivity index (χ1n) is 10.8. The Kier molecular flexibility index (Phi) is 4.06. The van der Waals surface area contributed by atoms with E-state index in [-0.39, 0.29) is 23.7 Å². The van der Waals surface area contributed by atoms with Gasteiger partial charge in [0.05, 0.1) is 23.3 Å². The maximum Gasteiger partial charge on any atom is 0.308 e. The molecule has 0 aromatic carbocycles. The topological polar surface area (TPSA) is 82.4 Å². The molecule has 3 aliphatic carbocycles. The summed E-state index contributed by atoms with van der Waals surface area (Å²) in [7, 11) is 0. The molecule has 158 valence electrons. The van der Waals surface area contributed by atoms with Crippen molar-refractivity contribution in [1.29, 1.82) is 0 Å². The Morgan fingerprint density at radius 2 is 2.03 bits per heavy atom. The molecule has 0 amide bonds. The van der Waals surface area contributed by atoms with Crippen molar-refractivity contribution < 1.29 is 14.3 Å². The second kappa shape index (κ2) is 6.83. The number of halogens is 1. The Balaban J connectivity index is 1.46. The van der Waals surface area contributed by atoms with Gasteiger partial charge >= 0.3 is 5.97 Å². The molecular weight excluding hydrogens is 395 g/mol. The highest BCUT2D eigenvalue weighted by molar-refractivity contribution is 5.95. The van der Waals surface area contributed by atoms with Crippen LogP contribution in [0.2, 0.25) is 0 Å². The van der Waals surface area contributed by atoms with Gasteiger partial charge in [0.2, 0.25) is 0 Å². The molecule has 0 spiro atoms. The molecule has 6 nitrogen and oxygen atoms in total. The van der Waals surface area contributed by atoms with Crippen LogP contribution in [0.3, 0.4) is 0 Å². The van der Waals surface area contributed by atoms with Crippen molar-refractivity contribution in [3.63, 3.8) is 0 Å². The average molecular weight is 418 g/mol. The first-order chi connectivity index (χ1) is 15.1. The highest BCUT2D eigenvalue weighted by Crippen LogP contribution is 2.47. The van der Waals surface area contributed by atoms with Crippen molar-refractivity contribution in [2.75, 3.05) is 5.32 Å². The fraction of sp³-hybridized carbons (Fsp3) is 0.333. The van der Waals surface area contributed by atoms with E-state index in [2.05, 4.69) is 15.3 Å². The summed E-state index contributed by atoms with van der Waals surface area (Å²) in [6.45, 7) is 0. The van der Waals surface area contributed by atoms with E-state index >= 15 is 0 Å². The van der Waals surface area contributed by atoms with Crippen molar-refractivity contribution in [2.24, 2.45) is 17.8 Å². The zero-order chi connectivity index (χ0) is 21.1. The number of aromatic amines is 1. The summed E-state index contributed by atoms with van der Waals surface area (Å²) in [5.41, 5.74) is 4.32. The number of nitrogens with zero attached hydrogens (tertiary/aromatic N) is 2. The van der Waals surface area contributed by atoms with Crippen LogP contribution in [0.4, 0.5) is 10.1 Å². The van der Waals surface area contributed by atoms with E-state index in [4.69, 9.17) is 0 Å². The van der Waals surface area contributed by atoms with Gasteiger partial charge in [0.15, 0.2) is 0 Å². The van der Waals surface area contributed by atoms with E-state index < -0.39 is 5.97 Å². The van der Waals surface area contributed by atoms with Crippen LogP contribution in [-0.2, 0) is 4.79 Å². The van der Waals surface area contributed by atoms with Crippen LogP contribution in [0.15, 0.2) is 49.1 Å². The number of aromatic nitrogens is 3. The van der Waals surface area contributed by atoms with Gasteiger partial charge in [-0.05, 0) is 61.8 Å². The zero-order valence-corrected chi connectivity index (χ0v) is 16.9. The number of aliphatic carboxylic acids is 1. The summed E-state index contributed by atoms with van der Waals surface area (Å²) >= 11 is 0. The molecular formula is C24H23FN4O2. The third kappa shape index (κ3) is 2.91. The maximum absolute atomic E-state index is 13.9. The lowest BCUT2D eigenvalue weighted by molar-refractivity contribution is -0.148. The standard InChI is InChI=1S/C24H23FN4O2/c25-16-9-17-18(11-27-23(17)26-10-16)15-8-19(20-2-1-7-29(20)12-15)28-22-14-5-3-13(4-6-14)21(22)24(30)31/h1-2,7-14,21-22,28H,3-6H2,(H,26,27)(H,30,31)/t13-,14+,21-,22-/m0/s1. The molecule has 3 fully saturated rings. The third-order valence-electron chi connectivity index (χ3n) is 7.27. The number of anilines is 1. The van der Waals surface area contributed by atoms with Gasteiger partial charge in [0, 0.05) is 41.1 Å². The van der Waals surface area contributed by atoms with Gasteiger partial charge in [-0.3, -0.25) is 4.79 Å². The predicted octanol–water partition coefficient (Wildman–Crippen LogP) is 4.92. The molecule has 0 aliphatic heterocycles. The largest absolute Gasteiger partial charge is 0.481 e. The minimum absolute atomic E-state index is 0.0824. The number of carboxylic acids is 1. The molecule has 3 saturated carbocycles. The van der Waals surface area contributed by atoms with Gasteiger partial charge in [0.1, 0.15) is 11.5 Å². The van der Waals surface area contributed by atoms with Crippen LogP contribution in [0.5, 0.6) is 0 Å². The number of carboxylic acid groups (broad SMARTS) is 1. The third-order valence-corrected chi connectivity index (χ3v) is 7.27. The summed E-state index contributed by atoms with van der Waals surface area (Å²) in [6, 6.07) is 7.45. The number of hydrogen-bond acceptors (Lipinski definition) is 3. The molecule has 3 N–H and O–H groups in total.